The Morgan fingerprint density at radius 2 is 1.82 bits per heavy atom. The van der Waals surface area contributed by atoms with E-state index in [1.54, 1.807) is 25.3 Å². The molecule has 8 heteroatoms. The number of carbonyl (C=O) groups excluding carboxylic acids is 2. The first kappa shape index (κ1) is 21.4. The van der Waals surface area contributed by atoms with Gasteiger partial charge in [0, 0.05) is 5.69 Å². The van der Waals surface area contributed by atoms with E-state index < -0.39 is 11.8 Å². The van der Waals surface area contributed by atoms with Crippen molar-refractivity contribution in [3.05, 3.63) is 51.5 Å². The molecule has 0 aliphatic carbocycles. The minimum absolute atomic E-state index is 0.333. The number of anilines is 1. The lowest BCUT2D eigenvalue weighted by molar-refractivity contribution is -0.126. The van der Waals surface area contributed by atoms with E-state index in [0.717, 1.165) is 11.1 Å². The molecule has 0 unspecified atom stereocenters. The van der Waals surface area contributed by atoms with Gasteiger partial charge in [-0.15, -0.1) is 0 Å². The molecule has 2 N–H and O–H groups in total. The van der Waals surface area contributed by atoms with E-state index in [9.17, 15) is 9.59 Å². The van der Waals surface area contributed by atoms with Crippen molar-refractivity contribution in [2.75, 3.05) is 19.5 Å². The molecule has 0 heterocycles. The molecule has 0 fully saturated rings. The number of aryl methyl sites for hydroxylation is 2. The first-order valence-corrected chi connectivity index (χ1v) is 9.24. The molecule has 0 aliphatic heterocycles. The summed E-state index contributed by atoms with van der Waals surface area (Å²) in [5.74, 6) is 0.158. The molecule has 0 radical (unpaired) electrons. The summed E-state index contributed by atoms with van der Waals surface area (Å²) in [5.41, 5.74) is 5.87. The molecule has 0 saturated heterocycles. The van der Waals surface area contributed by atoms with Crippen molar-refractivity contribution in [3.8, 4) is 11.5 Å². The summed E-state index contributed by atoms with van der Waals surface area (Å²) in [5, 5.41) is 6.57. The molecule has 7 nitrogen and oxygen atoms in total. The molecule has 2 rings (SSSR count). The minimum atomic E-state index is -0.517. The van der Waals surface area contributed by atoms with Crippen LogP contribution >= 0.6 is 15.9 Å². The van der Waals surface area contributed by atoms with Gasteiger partial charge in [-0.2, -0.15) is 5.10 Å². The van der Waals surface area contributed by atoms with E-state index in [4.69, 9.17) is 9.47 Å². The Bertz CT molecular complexity index is 913. The zero-order valence-electron chi connectivity index (χ0n) is 16.1. The Kier molecular flexibility index (Phi) is 7.57. The van der Waals surface area contributed by atoms with Crippen LogP contribution in [0.1, 0.15) is 23.1 Å². The second-order valence-corrected chi connectivity index (χ2v) is 6.91. The van der Waals surface area contributed by atoms with Crippen molar-refractivity contribution >= 4 is 39.6 Å². The second kappa shape index (κ2) is 9.89. The number of halogens is 1. The number of hydrogen-bond donors (Lipinski definition) is 2. The van der Waals surface area contributed by atoms with Gasteiger partial charge in [0.2, 0.25) is 11.8 Å². The molecule has 0 aliphatic rings. The maximum atomic E-state index is 12.0. The van der Waals surface area contributed by atoms with E-state index >= 15 is 0 Å². The standard InChI is InChI=1S/C20H22BrN3O4/c1-12-5-6-15(7-13(12)2)23-18(25)10-19(26)24-22-11-14-8-16(21)20(28-4)17(9-14)27-3/h5-9,11H,10H2,1-4H3,(H,23,25)(H,24,26). The number of nitrogens with zero attached hydrogens (tertiary/aromatic N) is 1. The van der Waals surface area contributed by atoms with Gasteiger partial charge in [0.15, 0.2) is 11.5 Å². The lowest BCUT2D eigenvalue weighted by Crippen LogP contribution is -2.24. The third-order valence-corrected chi connectivity index (χ3v) is 4.56. The summed E-state index contributed by atoms with van der Waals surface area (Å²) < 4.78 is 11.2. The van der Waals surface area contributed by atoms with Gasteiger partial charge in [-0.25, -0.2) is 5.43 Å². The fourth-order valence-corrected chi connectivity index (χ4v) is 3.02. The van der Waals surface area contributed by atoms with E-state index in [1.807, 2.05) is 26.0 Å². The minimum Gasteiger partial charge on any atom is -0.493 e. The number of hydrogen-bond acceptors (Lipinski definition) is 5. The fraction of sp³-hybridized carbons (Fsp3) is 0.250. The van der Waals surface area contributed by atoms with Crippen LogP contribution in [0, 0.1) is 13.8 Å². The van der Waals surface area contributed by atoms with Gasteiger partial charge < -0.3 is 14.8 Å². The number of benzene rings is 2. The maximum Gasteiger partial charge on any atom is 0.249 e. The molecule has 0 aromatic heterocycles. The van der Waals surface area contributed by atoms with Gasteiger partial charge in [0.1, 0.15) is 6.42 Å². The highest BCUT2D eigenvalue weighted by atomic mass is 79.9. The highest BCUT2D eigenvalue weighted by Gasteiger charge is 2.11. The van der Waals surface area contributed by atoms with Crippen LogP contribution < -0.4 is 20.2 Å². The highest BCUT2D eigenvalue weighted by molar-refractivity contribution is 9.10. The van der Waals surface area contributed by atoms with Crippen LogP contribution in [0.15, 0.2) is 39.9 Å². The van der Waals surface area contributed by atoms with Crippen LogP contribution in [0.2, 0.25) is 0 Å². The van der Waals surface area contributed by atoms with Gasteiger partial charge in [0.05, 0.1) is 24.9 Å². The lowest BCUT2D eigenvalue weighted by Gasteiger charge is -2.10. The van der Waals surface area contributed by atoms with Crippen molar-refractivity contribution in [2.45, 2.75) is 20.3 Å². The molecule has 0 atom stereocenters. The molecule has 2 aromatic rings. The van der Waals surface area contributed by atoms with Crippen molar-refractivity contribution in [1.29, 1.82) is 0 Å². The van der Waals surface area contributed by atoms with Crippen LogP contribution in [0.5, 0.6) is 11.5 Å². The summed E-state index contributed by atoms with van der Waals surface area (Å²) in [6.45, 7) is 3.95. The lowest BCUT2D eigenvalue weighted by atomic mass is 10.1. The molecule has 0 saturated carbocycles. The molecule has 2 aromatic carbocycles. The van der Waals surface area contributed by atoms with Gasteiger partial charge in [-0.05, 0) is 70.7 Å². The summed E-state index contributed by atoms with van der Waals surface area (Å²) in [7, 11) is 3.07. The second-order valence-electron chi connectivity index (χ2n) is 6.06. The smallest absolute Gasteiger partial charge is 0.249 e. The average molecular weight is 448 g/mol. The van der Waals surface area contributed by atoms with Gasteiger partial charge >= 0.3 is 0 Å². The average Bonchev–Trinajstić information content (AvgIpc) is 2.64. The van der Waals surface area contributed by atoms with Gasteiger partial charge in [-0.3, -0.25) is 9.59 Å². The summed E-state index contributed by atoms with van der Waals surface area (Å²) in [6, 6.07) is 9.05. The number of amides is 2. The van der Waals surface area contributed by atoms with Crippen LogP contribution in [0.25, 0.3) is 0 Å². The SMILES string of the molecule is COc1cc(C=NNC(=O)CC(=O)Nc2ccc(C)c(C)c2)cc(Br)c1OC. The molecule has 0 spiro atoms. The molecule has 0 bridgehead atoms. The monoisotopic (exact) mass is 447 g/mol. The predicted octanol–water partition coefficient (Wildman–Crippen LogP) is 3.56. The third-order valence-electron chi connectivity index (χ3n) is 3.97. The van der Waals surface area contributed by atoms with Crippen LogP contribution in [-0.4, -0.2) is 32.2 Å². The molecule has 28 heavy (non-hydrogen) atoms. The molecular weight excluding hydrogens is 426 g/mol. The first-order chi connectivity index (χ1) is 13.3. The number of carbonyl (C=O) groups is 2. The summed E-state index contributed by atoms with van der Waals surface area (Å²) in [6.07, 6.45) is 1.12. The molecule has 148 valence electrons. The Hall–Kier alpha value is -2.87. The van der Waals surface area contributed by atoms with Crippen LogP contribution in [0.3, 0.4) is 0 Å². The number of methoxy groups -OCH3 is 2. The van der Waals surface area contributed by atoms with Crippen LogP contribution in [-0.2, 0) is 9.59 Å². The van der Waals surface area contributed by atoms with Crippen molar-refractivity contribution < 1.29 is 19.1 Å². The largest absolute Gasteiger partial charge is 0.493 e. The van der Waals surface area contributed by atoms with Gasteiger partial charge in [0.25, 0.3) is 0 Å². The fourth-order valence-electron chi connectivity index (χ4n) is 2.40. The number of nitrogens with one attached hydrogen (secondary N) is 2. The Morgan fingerprint density at radius 3 is 2.46 bits per heavy atom. The topological polar surface area (TPSA) is 89.0 Å². The number of rotatable bonds is 7. The van der Waals surface area contributed by atoms with Crippen molar-refractivity contribution in [1.82, 2.24) is 5.43 Å². The maximum absolute atomic E-state index is 12.0. The van der Waals surface area contributed by atoms with Crippen molar-refractivity contribution in [3.63, 3.8) is 0 Å². The quantitative estimate of drug-likeness (QED) is 0.385. The summed E-state index contributed by atoms with van der Waals surface area (Å²) in [4.78, 5) is 23.9. The number of ether oxygens (including phenoxy) is 2. The summed E-state index contributed by atoms with van der Waals surface area (Å²) >= 11 is 3.39. The molecule has 2 amide bonds. The predicted molar refractivity (Wildman–Crippen MR) is 112 cm³/mol. The third kappa shape index (κ3) is 5.82. The van der Waals surface area contributed by atoms with Gasteiger partial charge in [-0.1, -0.05) is 6.07 Å². The zero-order valence-corrected chi connectivity index (χ0v) is 17.7. The van der Waals surface area contributed by atoms with E-state index in [-0.39, 0.29) is 6.42 Å². The Morgan fingerprint density at radius 1 is 1.07 bits per heavy atom. The van der Waals surface area contributed by atoms with Crippen LogP contribution in [0.4, 0.5) is 5.69 Å². The molecular formula is C20H22BrN3O4. The van der Waals surface area contributed by atoms with E-state index in [0.29, 0.717) is 27.2 Å². The van der Waals surface area contributed by atoms with E-state index in [2.05, 4.69) is 31.8 Å². The van der Waals surface area contributed by atoms with E-state index in [1.165, 1.54) is 13.3 Å². The van der Waals surface area contributed by atoms with Crippen molar-refractivity contribution in [2.24, 2.45) is 5.10 Å². The Labute approximate surface area is 172 Å². The number of hydrazone groups is 1. The highest BCUT2D eigenvalue weighted by Crippen LogP contribution is 2.35. The first-order valence-electron chi connectivity index (χ1n) is 8.44. The normalized spacial score (nSPS) is 10.6. The zero-order chi connectivity index (χ0) is 20.7. The Balaban J connectivity index is 1.92.